The molecule has 164 valence electrons. The van der Waals surface area contributed by atoms with Gasteiger partial charge in [-0.25, -0.2) is 8.42 Å². The maximum absolute atomic E-state index is 12.5. The Balaban J connectivity index is 0.00000450. The van der Waals surface area contributed by atoms with E-state index in [4.69, 9.17) is 0 Å². The molecule has 2 N–H and O–H groups in total. The summed E-state index contributed by atoms with van der Waals surface area (Å²) in [6.07, 6.45) is -9.14. The van der Waals surface area contributed by atoms with Gasteiger partial charge in [0.05, 0.1) is 11.1 Å². The minimum atomic E-state index is -4.57. The Morgan fingerprint density at radius 3 is 1.17 bits per heavy atom. The summed E-state index contributed by atoms with van der Waals surface area (Å²) in [4.78, 5) is 9.09. The number of halogens is 6. The van der Waals surface area contributed by atoms with Crippen LogP contribution in [0.4, 0.5) is 26.3 Å². The molecule has 0 aliphatic carbocycles. The lowest BCUT2D eigenvalue weighted by molar-refractivity contribution is -0.430. The van der Waals surface area contributed by atoms with Gasteiger partial charge in [-0.1, -0.05) is 29.3 Å². The van der Waals surface area contributed by atoms with Crippen LogP contribution in [0.15, 0.2) is 48.5 Å². The first-order valence-corrected chi connectivity index (χ1v) is 8.74. The van der Waals surface area contributed by atoms with Gasteiger partial charge in [-0.15, -0.1) is 0 Å². The van der Waals surface area contributed by atoms with Crippen molar-refractivity contribution in [3.8, 4) is 0 Å². The topological polar surface area (TPSA) is 93.3 Å². The summed E-state index contributed by atoms with van der Waals surface area (Å²) >= 11 is -0.530. The Hall–Kier alpha value is -2.36. The molecule has 0 saturated heterocycles. The molecular formula is C16H10F6O6S2. The lowest BCUT2D eigenvalue weighted by atomic mass is 10.1. The van der Waals surface area contributed by atoms with Crippen molar-refractivity contribution in [3.05, 3.63) is 70.8 Å². The van der Waals surface area contributed by atoms with Gasteiger partial charge in [-0.3, -0.25) is 0 Å². The second-order valence-corrected chi connectivity index (χ2v) is 6.20. The minimum Gasteiger partial charge on any atom is -0.412 e. The summed E-state index contributed by atoms with van der Waals surface area (Å²) in [6.45, 7) is 0. The summed E-state index contributed by atoms with van der Waals surface area (Å²) in [6, 6.07) is 6.66. The van der Waals surface area contributed by atoms with Crippen molar-refractivity contribution in [1.82, 2.24) is 0 Å². The van der Waals surface area contributed by atoms with E-state index in [0.29, 0.717) is 24.3 Å². The van der Waals surface area contributed by atoms with Crippen LogP contribution >= 0.6 is 0 Å². The Kier molecular flexibility index (Phi) is 9.08. The predicted octanol–water partition coefficient (Wildman–Crippen LogP) is 2.86. The molecule has 0 bridgehead atoms. The van der Waals surface area contributed by atoms with Crippen LogP contribution in [0, 0.1) is 0 Å². The molecule has 0 heterocycles. The molecule has 0 unspecified atom stereocenters. The van der Waals surface area contributed by atoms with Crippen molar-refractivity contribution in [2.24, 2.45) is 0 Å². The second-order valence-electron chi connectivity index (χ2n) is 5.13. The maximum Gasteiger partial charge on any atom is 0.416 e. The number of benzene rings is 2. The molecular weight excluding hydrogens is 466 g/mol. The van der Waals surface area contributed by atoms with E-state index in [1.54, 1.807) is 0 Å². The third kappa shape index (κ3) is 6.86. The molecule has 2 aromatic carbocycles. The predicted molar refractivity (Wildman–Crippen MR) is 94.3 cm³/mol. The zero-order valence-corrected chi connectivity index (χ0v) is 15.9. The Bertz CT molecular complexity index is 880. The lowest BCUT2D eigenvalue weighted by Crippen LogP contribution is -2.13. The Labute approximate surface area is 171 Å². The number of rotatable bonds is 4. The molecule has 0 radical (unpaired) electrons. The molecule has 0 atom stereocenters. The van der Waals surface area contributed by atoms with Gasteiger partial charge in [-0.2, -0.15) is 36.1 Å². The number of alkyl halides is 6. The van der Waals surface area contributed by atoms with Gasteiger partial charge in [0, 0.05) is 11.1 Å². The molecule has 0 aromatic heterocycles. The summed E-state index contributed by atoms with van der Waals surface area (Å²) in [5.41, 5.74) is -2.02. The highest BCUT2D eigenvalue weighted by Gasteiger charge is 2.31. The van der Waals surface area contributed by atoms with Crippen LogP contribution < -0.4 is 0 Å². The first kappa shape index (κ1) is 25.7. The Morgan fingerprint density at radius 2 is 0.933 bits per heavy atom. The fourth-order valence-corrected chi connectivity index (χ4v) is 2.47. The minimum absolute atomic E-state index is 0. The van der Waals surface area contributed by atoms with E-state index >= 15 is 0 Å². The van der Waals surface area contributed by atoms with Crippen LogP contribution in [0.3, 0.4) is 0 Å². The van der Waals surface area contributed by atoms with Gasteiger partial charge in [0.1, 0.15) is 22.5 Å². The zero-order valence-electron chi connectivity index (χ0n) is 14.2. The number of hydrogen-bond donors (Lipinski definition) is 0. The third-order valence-electron chi connectivity index (χ3n) is 3.27. The fourth-order valence-electron chi connectivity index (χ4n) is 1.89. The average molecular weight is 476 g/mol. The van der Waals surface area contributed by atoms with Gasteiger partial charge < -0.3 is 5.48 Å². The van der Waals surface area contributed by atoms with Crippen molar-refractivity contribution in [3.63, 3.8) is 0 Å². The molecule has 0 amide bonds. The highest BCUT2D eigenvalue weighted by molar-refractivity contribution is 7.66. The van der Waals surface area contributed by atoms with E-state index in [2.05, 4.69) is 14.8 Å². The molecule has 2 aromatic rings. The number of hydrogen-bond acceptors (Lipinski definition) is 5. The van der Waals surface area contributed by atoms with E-state index in [1.807, 2.05) is 0 Å². The highest BCUT2D eigenvalue weighted by Crippen LogP contribution is 2.30. The summed E-state index contributed by atoms with van der Waals surface area (Å²) in [5.74, 6) is 0. The maximum atomic E-state index is 12.5. The van der Waals surface area contributed by atoms with Crippen molar-refractivity contribution < 1.29 is 55.0 Å². The fraction of sp³-hybridized carbons (Fsp3) is 0.125. The van der Waals surface area contributed by atoms with Crippen LogP contribution in [-0.4, -0.2) is 24.0 Å². The van der Waals surface area contributed by atoms with Crippen LogP contribution in [0.2, 0.25) is 0 Å². The molecule has 6 nitrogen and oxygen atoms in total. The molecule has 2 rings (SSSR count). The molecule has 30 heavy (non-hydrogen) atoms. The largest absolute Gasteiger partial charge is 0.416 e. The molecule has 0 aliphatic heterocycles. The van der Waals surface area contributed by atoms with Gasteiger partial charge in [0.2, 0.25) is 10.1 Å². The van der Waals surface area contributed by atoms with Crippen molar-refractivity contribution >= 4 is 32.6 Å². The van der Waals surface area contributed by atoms with Gasteiger partial charge >= 0.3 is 12.4 Å². The smallest absolute Gasteiger partial charge is 0.412 e. The van der Waals surface area contributed by atoms with E-state index in [0.717, 1.165) is 24.3 Å². The normalized spacial score (nSPS) is 11.4. The van der Waals surface area contributed by atoms with Crippen molar-refractivity contribution in [2.75, 3.05) is 0 Å². The summed E-state index contributed by atoms with van der Waals surface area (Å²) in [7, 11) is 0. The summed E-state index contributed by atoms with van der Waals surface area (Å²) in [5, 5.41) is 3.23. The Morgan fingerprint density at radius 1 is 0.633 bits per heavy atom. The van der Waals surface area contributed by atoms with Gasteiger partial charge in [-0.05, 0) is 24.3 Å². The third-order valence-corrected chi connectivity index (χ3v) is 4.18. The molecule has 14 heteroatoms. The van der Waals surface area contributed by atoms with E-state index in [9.17, 15) is 34.8 Å². The summed E-state index contributed by atoms with van der Waals surface area (Å²) < 4.78 is 97.4. The average Bonchev–Trinajstić information content (AvgIpc) is 2.67. The quantitative estimate of drug-likeness (QED) is 0.293. The van der Waals surface area contributed by atoms with Gasteiger partial charge in [0.15, 0.2) is 0 Å². The first-order chi connectivity index (χ1) is 13.6. The molecule has 0 saturated carbocycles. The van der Waals surface area contributed by atoms with Crippen LogP contribution in [-0.2, 0) is 49.7 Å². The van der Waals surface area contributed by atoms with Crippen molar-refractivity contribution in [1.29, 1.82) is 0 Å². The zero-order chi connectivity index (χ0) is 21.7. The van der Waals surface area contributed by atoms with Crippen LogP contribution in [0.1, 0.15) is 22.3 Å². The lowest BCUT2D eigenvalue weighted by Gasteiger charge is -2.09. The van der Waals surface area contributed by atoms with E-state index in [1.165, 1.54) is 0 Å². The highest BCUT2D eigenvalue weighted by atomic mass is 32.1. The second kappa shape index (κ2) is 10.6. The standard InChI is InChI=1S/C16H8F6O5S2.H2O/c17-15(18,19)11-5-1-9(2-6-11)13(28-23)25-27-26-14(29-24)10-3-7-12(8-4-10)16(20,21)22;/h1-8H;1H2. The monoisotopic (exact) mass is 476 g/mol. The van der Waals surface area contributed by atoms with Crippen LogP contribution in [0.25, 0.3) is 0 Å². The molecule has 0 spiro atoms. The molecule has 0 aliphatic rings. The van der Waals surface area contributed by atoms with E-state index in [-0.39, 0.29) is 39.1 Å². The van der Waals surface area contributed by atoms with Gasteiger partial charge in [0.25, 0.3) is 0 Å². The first-order valence-electron chi connectivity index (χ1n) is 7.26. The SMILES string of the molecule is O.O=S=C(OOOC(=S=O)c1ccc(C(F)(F)F)cc1)c1ccc(C(F)(F)F)cc1. The van der Waals surface area contributed by atoms with Crippen molar-refractivity contribution in [2.45, 2.75) is 12.4 Å². The van der Waals surface area contributed by atoms with Crippen LogP contribution in [0.5, 0.6) is 0 Å². The van der Waals surface area contributed by atoms with E-state index < -0.39 is 33.6 Å². The molecule has 0 fully saturated rings.